The molecule has 0 amide bonds. The minimum Gasteiger partial charge on any atom is -0.445 e. The predicted octanol–water partition coefficient (Wildman–Crippen LogP) is 2.82. The van der Waals surface area contributed by atoms with Gasteiger partial charge >= 0.3 is 0 Å². The van der Waals surface area contributed by atoms with Crippen LogP contribution in [0.2, 0.25) is 0 Å². The maximum absolute atomic E-state index is 5.86. The fourth-order valence-corrected chi connectivity index (χ4v) is 2.68. The van der Waals surface area contributed by atoms with E-state index in [1.807, 2.05) is 30.3 Å². The van der Waals surface area contributed by atoms with Crippen LogP contribution in [-0.2, 0) is 0 Å². The SMILES string of the molecule is C1=CCCNP(Oc2ccccc2)NCC1. The molecule has 2 N–H and O–H groups in total. The quantitative estimate of drug-likeness (QED) is 0.612. The molecule has 16 heavy (non-hydrogen) atoms. The van der Waals surface area contributed by atoms with Gasteiger partial charge in [-0.2, -0.15) is 0 Å². The minimum atomic E-state index is -0.749. The summed E-state index contributed by atoms with van der Waals surface area (Å²) in [5, 5.41) is 6.78. The van der Waals surface area contributed by atoms with Gasteiger partial charge in [-0.05, 0) is 25.0 Å². The first-order valence-electron chi connectivity index (χ1n) is 5.60. The molecule has 1 aliphatic rings. The fraction of sp³-hybridized carbons (Fsp3) is 0.333. The van der Waals surface area contributed by atoms with Crippen molar-refractivity contribution in [1.29, 1.82) is 0 Å². The molecule has 2 rings (SSSR count). The van der Waals surface area contributed by atoms with Crippen LogP contribution in [0.25, 0.3) is 0 Å². The van der Waals surface area contributed by atoms with E-state index in [1.165, 1.54) is 0 Å². The van der Waals surface area contributed by atoms with Gasteiger partial charge in [-0.1, -0.05) is 30.4 Å². The van der Waals surface area contributed by atoms with Gasteiger partial charge in [0, 0.05) is 13.1 Å². The van der Waals surface area contributed by atoms with Gasteiger partial charge in [0.1, 0.15) is 5.75 Å². The highest BCUT2D eigenvalue weighted by atomic mass is 31.2. The first-order chi connectivity index (χ1) is 7.95. The number of hydrogen-bond acceptors (Lipinski definition) is 3. The summed E-state index contributed by atoms with van der Waals surface area (Å²) in [4.78, 5) is 0. The van der Waals surface area contributed by atoms with Crippen molar-refractivity contribution in [1.82, 2.24) is 10.2 Å². The Morgan fingerprint density at radius 2 is 1.56 bits per heavy atom. The summed E-state index contributed by atoms with van der Waals surface area (Å²) in [6.07, 6.45) is 6.57. The van der Waals surface area contributed by atoms with Crippen LogP contribution in [0.4, 0.5) is 0 Å². The van der Waals surface area contributed by atoms with Crippen LogP contribution in [0.5, 0.6) is 5.75 Å². The zero-order valence-corrected chi connectivity index (χ0v) is 10.1. The summed E-state index contributed by atoms with van der Waals surface area (Å²) in [7, 11) is -0.749. The van der Waals surface area contributed by atoms with Gasteiger partial charge in [-0.25, -0.2) is 0 Å². The van der Waals surface area contributed by atoms with E-state index < -0.39 is 8.45 Å². The molecule has 0 aromatic heterocycles. The summed E-state index contributed by atoms with van der Waals surface area (Å²) in [6, 6.07) is 9.94. The summed E-state index contributed by atoms with van der Waals surface area (Å²) < 4.78 is 5.86. The molecular weight excluding hydrogens is 219 g/mol. The van der Waals surface area contributed by atoms with Crippen molar-refractivity contribution in [2.45, 2.75) is 12.8 Å². The summed E-state index contributed by atoms with van der Waals surface area (Å²) in [5.74, 6) is 0.917. The van der Waals surface area contributed by atoms with E-state index in [0.717, 1.165) is 31.7 Å². The molecule has 1 aliphatic heterocycles. The van der Waals surface area contributed by atoms with Crippen LogP contribution in [-0.4, -0.2) is 13.1 Å². The van der Waals surface area contributed by atoms with Gasteiger partial charge in [0.25, 0.3) is 0 Å². The maximum atomic E-state index is 5.86. The third kappa shape index (κ3) is 3.93. The fourth-order valence-electron chi connectivity index (χ4n) is 1.44. The van der Waals surface area contributed by atoms with Crippen molar-refractivity contribution in [3.05, 3.63) is 42.5 Å². The molecule has 0 bridgehead atoms. The molecule has 1 aromatic carbocycles. The Hall–Kier alpha value is -0.890. The third-order valence-corrected chi connectivity index (χ3v) is 3.65. The first kappa shape index (κ1) is 11.6. The zero-order valence-electron chi connectivity index (χ0n) is 9.23. The Morgan fingerprint density at radius 1 is 0.938 bits per heavy atom. The molecule has 0 spiro atoms. The highest BCUT2D eigenvalue weighted by molar-refractivity contribution is 7.48. The number of nitrogens with one attached hydrogen (secondary N) is 2. The Kier molecular flexibility index (Phi) is 4.81. The van der Waals surface area contributed by atoms with Gasteiger partial charge < -0.3 is 4.52 Å². The molecule has 0 unspecified atom stereocenters. The molecule has 0 saturated heterocycles. The monoisotopic (exact) mass is 236 g/mol. The van der Waals surface area contributed by atoms with Crippen molar-refractivity contribution in [2.24, 2.45) is 0 Å². The molecular formula is C12H17N2OP. The molecule has 3 nitrogen and oxygen atoms in total. The molecule has 0 fully saturated rings. The smallest absolute Gasteiger partial charge is 0.242 e. The second-order valence-electron chi connectivity index (χ2n) is 3.56. The van der Waals surface area contributed by atoms with E-state index in [1.54, 1.807) is 0 Å². The Balaban J connectivity index is 1.88. The van der Waals surface area contributed by atoms with Gasteiger partial charge in [0.2, 0.25) is 8.45 Å². The molecule has 86 valence electrons. The standard InChI is InChI=1S/C12H17N2OP/c1-2-7-11-14-16(13-10-6-1)15-12-8-4-3-5-9-12/h1-5,8-9,13-14H,6-7,10-11H2. The number of rotatable bonds is 2. The zero-order chi connectivity index (χ0) is 11.1. The van der Waals surface area contributed by atoms with Crippen LogP contribution in [0.15, 0.2) is 42.5 Å². The van der Waals surface area contributed by atoms with Gasteiger partial charge in [-0.15, -0.1) is 0 Å². The van der Waals surface area contributed by atoms with E-state index >= 15 is 0 Å². The van der Waals surface area contributed by atoms with Crippen molar-refractivity contribution in [3.8, 4) is 5.75 Å². The third-order valence-electron chi connectivity index (χ3n) is 2.24. The van der Waals surface area contributed by atoms with Crippen LogP contribution >= 0.6 is 8.45 Å². The maximum Gasteiger partial charge on any atom is 0.242 e. The molecule has 1 aromatic rings. The van der Waals surface area contributed by atoms with Crippen LogP contribution in [0.3, 0.4) is 0 Å². The molecule has 4 heteroatoms. The normalized spacial score (nSPS) is 18.5. The highest BCUT2D eigenvalue weighted by Gasteiger charge is 2.09. The number of para-hydroxylation sites is 1. The molecule has 0 aliphatic carbocycles. The van der Waals surface area contributed by atoms with E-state index in [2.05, 4.69) is 22.3 Å². The van der Waals surface area contributed by atoms with Crippen molar-refractivity contribution >= 4 is 8.45 Å². The Labute approximate surface area is 97.8 Å². The van der Waals surface area contributed by atoms with Crippen molar-refractivity contribution in [2.75, 3.05) is 13.1 Å². The lowest BCUT2D eigenvalue weighted by Gasteiger charge is -2.18. The summed E-state index contributed by atoms with van der Waals surface area (Å²) in [5.41, 5.74) is 0. The Morgan fingerprint density at radius 3 is 2.19 bits per heavy atom. The largest absolute Gasteiger partial charge is 0.445 e. The lowest BCUT2D eigenvalue weighted by molar-refractivity contribution is 0.581. The summed E-state index contributed by atoms with van der Waals surface area (Å²) in [6.45, 7) is 1.92. The van der Waals surface area contributed by atoms with Crippen LogP contribution < -0.4 is 14.7 Å². The second-order valence-corrected chi connectivity index (χ2v) is 4.97. The second kappa shape index (κ2) is 6.64. The Bertz CT molecular complexity index is 317. The highest BCUT2D eigenvalue weighted by Crippen LogP contribution is 2.29. The van der Waals surface area contributed by atoms with E-state index in [4.69, 9.17) is 4.52 Å². The lowest BCUT2D eigenvalue weighted by Crippen LogP contribution is -2.22. The molecule has 0 saturated carbocycles. The van der Waals surface area contributed by atoms with Crippen LogP contribution in [0, 0.1) is 0 Å². The average molecular weight is 236 g/mol. The van der Waals surface area contributed by atoms with E-state index in [0.29, 0.717) is 0 Å². The van der Waals surface area contributed by atoms with E-state index in [9.17, 15) is 0 Å². The summed E-state index contributed by atoms with van der Waals surface area (Å²) >= 11 is 0. The first-order valence-corrected chi connectivity index (χ1v) is 6.86. The van der Waals surface area contributed by atoms with Gasteiger partial charge in [0.05, 0.1) is 0 Å². The van der Waals surface area contributed by atoms with Crippen LogP contribution in [0.1, 0.15) is 12.8 Å². The topological polar surface area (TPSA) is 33.3 Å². The molecule has 1 heterocycles. The predicted molar refractivity (Wildman–Crippen MR) is 68.4 cm³/mol. The van der Waals surface area contributed by atoms with Crippen molar-refractivity contribution in [3.63, 3.8) is 0 Å². The van der Waals surface area contributed by atoms with Crippen molar-refractivity contribution < 1.29 is 4.52 Å². The van der Waals surface area contributed by atoms with E-state index in [-0.39, 0.29) is 0 Å². The molecule has 0 radical (unpaired) electrons. The molecule has 0 atom stereocenters. The minimum absolute atomic E-state index is 0.749. The average Bonchev–Trinajstić information content (AvgIpc) is 2.45. The van der Waals surface area contributed by atoms with Gasteiger partial charge in [-0.3, -0.25) is 10.2 Å². The van der Waals surface area contributed by atoms with Gasteiger partial charge in [0.15, 0.2) is 0 Å². The number of benzene rings is 1. The number of hydrogen-bond donors (Lipinski definition) is 2. The lowest BCUT2D eigenvalue weighted by atomic mass is 10.3.